The van der Waals surface area contributed by atoms with Crippen molar-refractivity contribution in [3.05, 3.63) is 35.8 Å². The average Bonchev–Trinajstić information content (AvgIpc) is 3.19. The van der Waals surface area contributed by atoms with Gasteiger partial charge in [0.25, 0.3) is 11.8 Å². The molecule has 0 radical (unpaired) electrons. The van der Waals surface area contributed by atoms with Gasteiger partial charge in [-0.1, -0.05) is 12.2 Å². The number of carbonyl (C=O) groups excluding carboxylic acids is 2. The Morgan fingerprint density at radius 3 is 2.32 bits per heavy atom. The summed E-state index contributed by atoms with van der Waals surface area (Å²) in [5.74, 6) is 2.37. The number of allylic oxidation sites excluding steroid dienone is 2. The first-order valence-electron chi connectivity index (χ1n) is 7.82. The third-order valence-electron chi connectivity index (χ3n) is 5.70. The summed E-state index contributed by atoms with van der Waals surface area (Å²) in [6, 6.07) is 3.60. The Balaban J connectivity index is 1.46. The van der Waals surface area contributed by atoms with Crippen LogP contribution in [0, 0.1) is 42.4 Å². The first-order valence-corrected chi connectivity index (χ1v) is 7.82. The fraction of sp³-hybridized carbons (Fsp3) is 0.471. The van der Waals surface area contributed by atoms with Gasteiger partial charge in [0.1, 0.15) is 11.5 Å². The molecule has 0 aromatic carbocycles. The average molecular weight is 296 g/mol. The van der Waals surface area contributed by atoms with Crippen LogP contribution in [0.2, 0.25) is 0 Å². The lowest BCUT2D eigenvalue weighted by Crippen LogP contribution is -2.40. The van der Waals surface area contributed by atoms with E-state index in [9.17, 15) is 9.59 Å². The molecule has 22 heavy (non-hydrogen) atoms. The second-order valence-corrected chi connectivity index (χ2v) is 6.84. The molecule has 6 atom stereocenters. The van der Waals surface area contributed by atoms with Gasteiger partial charge in [0.2, 0.25) is 0 Å². The summed E-state index contributed by atoms with van der Waals surface area (Å²) < 4.78 is 5.40. The largest absolute Gasteiger partial charge is 0.460 e. The standard InChI is InChI=1S/C17H16N2O3/c1-8-2-3-9(22-8)7-18-19-16(20)14-10-4-5-11(13-6-12(10)13)15(14)17(19)21/h2-5,7,10-15H,6H2,1H3/t10-,11-,12-,13+,14-,15+/m0/s1. The Hall–Kier alpha value is -2.17. The normalized spacial score (nSPS) is 41.4. The van der Waals surface area contributed by atoms with Gasteiger partial charge < -0.3 is 4.42 Å². The van der Waals surface area contributed by atoms with E-state index in [0.29, 0.717) is 17.6 Å². The van der Waals surface area contributed by atoms with Crippen molar-refractivity contribution in [3.63, 3.8) is 0 Å². The van der Waals surface area contributed by atoms with Gasteiger partial charge in [-0.3, -0.25) is 9.59 Å². The van der Waals surface area contributed by atoms with E-state index in [4.69, 9.17) is 4.42 Å². The van der Waals surface area contributed by atoms with Crippen LogP contribution in [0.15, 0.2) is 33.8 Å². The summed E-state index contributed by atoms with van der Waals surface area (Å²) in [6.07, 6.45) is 6.95. The predicted octanol–water partition coefficient (Wildman–Crippen LogP) is 1.98. The molecule has 5 heteroatoms. The molecule has 2 bridgehead atoms. The zero-order valence-corrected chi connectivity index (χ0v) is 12.2. The summed E-state index contributed by atoms with van der Waals surface area (Å²) in [6.45, 7) is 1.84. The number of nitrogens with zero attached hydrogens (tertiary/aromatic N) is 2. The van der Waals surface area contributed by atoms with Crippen LogP contribution >= 0.6 is 0 Å². The SMILES string of the molecule is Cc1ccc(C=NN2C(=O)[C@@H]3[C@H]4C=C[C@@H]([C@@H]5C[C@H]45)[C@@H]3C2=O)o1. The minimum absolute atomic E-state index is 0.140. The van der Waals surface area contributed by atoms with Crippen molar-refractivity contribution >= 4 is 18.0 Å². The minimum Gasteiger partial charge on any atom is -0.460 e. The molecule has 1 saturated heterocycles. The Labute approximate surface area is 127 Å². The van der Waals surface area contributed by atoms with Crippen LogP contribution in [0.4, 0.5) is 0 Å². The van der Waals surface area contributed by atoms with E-state index >= 15 is 0 Å². The highest BCUT2D eigenvalue weighted by atomic mass is 16.3. The number of imide groups is 1. The summed E-state index contributed by atoms with van der Waals surface area (Å²) in [4.78, 5) is 25.3. The third-order valence-corrected chi connectivity index (χ3v) is 5.70. The Bertz CT molecular complexity index is 711. The summed E-state index contributed by atoms with van der Waals surface area (Å²) >= 11 is 0. The molecule has 2 heterocycles. The lowest BCUT2D eigenvalue weighted by atomic mass is 9.63. The monoisotopic (exact) mass is 296 g/mol. The van der Waals surface area contributed by atoms with Crippen molar-refractivity contribution in [1.29, 1.82) is 0 Å². The van der Waals surface area contributed by atoms with Gasteiger partial charge in [-0.05, 0) is 49.1 Å². The zero-order chi connectivity index (χ0) is 15.0. The molecule has 3 fully saturated rings. The molecule has 5 nitrogen and oxygen atoms in total. The van der Waals surface area contributed by atoms with Crippen LogP contribution in [0.25, 0.3) is 0 Å². The van der Waals surface area contributed by atoms with Crippen LogP contribution in [-0.2, 0) is 9.59 Å². The number of carbonyl (C=O) groups is 2. The zero-order valence-electron chi connectivity index (χ0n) is 12.2. The van der Waals surface area contributed by atoms with Crippen LogP contribution < -0.4 is 0 Å². The second kappa shape index (κ2) is 3.97. The van der Waals surface area contributed by atoms with E-state index in [-0.39, 0.29) is 35.5 Å². The number of furan rings is 1. The molecule has 5 aliphatic rings. The Morgan fingerprint density at radius 2 is 1.77 bits per heavy atom. The lowest BCUT2D eigenvalue weighted by Gasteiger charge is -2.37. The number of hydrogen-bond acceptors (Lipinski definition) is 4. The van der Waals surface area contributed by atoms with E-state index < -0.39 is 0 Å². The molecule has 0 N–H and O–H groups in total. The fourth-order valence-corrected chi connectivity index (χ4v) is 4.69. The van der Waals surface area contributed by atoms with Gasteiger partial charge in [0.05, 0.1) is 18.1 Å². The maximum atomic E-state index is 12.7. The summed E-state index contributed by atoms with van der Waals surface area (Å²) in [7, 11) is 0. The van der Waals surface area contributed by atoms with E-state index in [0.717, 1.165) is 10.8 Å². The number of amides is 2. The van der Waals surface area contributed by atoms with E-state index in [1.165, 1.54) is 12.6 Å². The molecule has 1 aromatic heterocycles. The van der Waals surface area contributed by atoms with Crippen molar-refractivity contribution in [1.82, 2.24) is 5.01 Å². The van der Waals surface area contributed by atoms with Crippen molar-refractivity contribution in [2.24, 2.45) is 40.6 Å². The Kier molecular flexibility index (Phi) is 2.23. The Morgan fingerprint density at radius 1 is 1.14 bits per heavy atom. The molecular formula is C17H16N2O3. The van der Waals surface area contributed by atoms with Gasteiger partial charge in [-0.15, -0.1) is 0 Å². The highest BCUT2D eigenvalue weighted by Crippen LogP contribution is 2.65. The van der Waals surface area contributed by atoms with Gasteiger partial charge in [-0.25, -0.2) is 0 Å². The lowest BCUT2D eigenvalue weighted by molar-refractivity contribution is -0.140. The van der Waals surface area contributed by atoms with Crippen LogP contribution in [-0.4, -0.2) is 23.0 Å². The summed E-state index contributed by atoms with van der Waals surface area (Å²) in [5, 5.41) is 5.19. The van der Waals surface area contributed by atoms with Gasteiger partial charge >= 0.3 is 0 Å². The molecule has 0 unspecified atom stereocenters. The first-order chi connectivity index (χ1) is 10.6. The van der Waals surface area contributed by atoms with E-state index in [1.54, 1.807) is 6.07 Å². The van der Waals surface area contributed by atoms with E-state index in [2.05, 4.69) is 17.3 Å². The second-order valence-electron chi connectivity index (χ2n) is 6.84. The number of hydrazone groups is 1. The van der Waals surface area contributed by atoms with Crippen LogP contribution in [0.5, 0.6) is 0 Å². The quantitative estimate of drug-likeness (QED) is 0.476. The first kappa shape index (κ1) is 12.4. The molecule has 4 aliphatic carbocycles. The molecule has 1 aliphatic heterocycles. The molecular weight excluding hydrogens is 280 g/mol. The number of aryl methyl sites for hydroxylation is 1. The number of hydrogen-bond donors (Lipinski definition) is 0. The molecule has 2 saturated carbocycles. The molecule has 1 aromatic rings. The molecule has 6 rings (SSSR count). The third kappa shape index (κ3) is 1.46. The van der Waals surface area contributed by atoms with Gasteiger partial charge in [0.15, 0.2) is 0 Å². The smallest absolute Gasteiger partial charge is 0.254 e. The van der Waals surface area contributed by atoms with Gasteiger partial charge in [-0.2, -0.15) is 10.1 Å². The maximum Gasteiger partial charge on any atom is 0.254 e. The molecule has 0 spiro atoms. The number of rotatable bonds is 2. The van der Waals surface area contributed by atoms with Gasteiger partial charge in [0, 0.05) is 0 Å². The van der Waals surface area contributed by atoms with Crippen molar-refractivity contribution in [2.45, 2.75) is 13.3 Å². The predicted molar refractivity (Wildman–Crippen MR) is 77.6 cm³/mol. The van der Waals surface area contributed by atoms with Crippen molar-refractivity contribution in [3.8, 4) is 0 Å². The highest BCUT2D eigenvalue weighted by Gasteiger charge is 2.67. The molecule has 2 amide bonds. The minimum atomic E-state index is -0.193. The van der Waals surface area contributed by atoms with E-state index in [1.807, 2.05) is 13.0 Å². The summed E-state index contributed by atoms with van der Waals surface area (Å²) in [5.41, 5.74) is 0. The van der Waals surface area contributed by atoms with Crippen molar-refractivity contribution < 1.29 is 14.0 Å². The maximum absolute atomic E-state index is 12.7. The fourth-order valence-electron chi connectivity index (χ4n) is 4.69. The molecule has 112 valence electrons. The highest BCUT2D eigenvalue weighted by molar-refractivity contribution is 6.06. The van der Waals surface area contributed by atoms with Crippen molar-refractivity contribution in [2.75, 3.05) is 0 Å². The topological polar surface area (TPSA) is 62.9 Å². The van der Waals surface area contributed by atoms with Crippen LogP contribution in [0.3, 0.4) is 0 Å². The van der Waals surface area contributed by atoms with Crippen LogP contribution in [0.1, 0.15) is 17.9 Å².